The summed E-state index contributed by atoms with van der Waals surface area (Å²) in [4.78, 5) is 68.0. The van der Waals surface area contributed by atoms with Crippen LogP contribution < -0.4 is 31.2 Å². The maximum absolute atomic E-state index is 11.6. The first-order valence-electron chi connectivity index (χ1n) is 8.99. The smallest absolute Gasteiger partial charge is 0.321 e. The third kappa shape index (κ3) is 9.68. The number of fused-ring (bicyclic) bond motifs is 1. The first-order valence-corrected chi connectivity index (χ1v) is 13.4. The largest absolute Gasteiger partial charge is 0.790 e. The number of rotatable bonds is 8. The number of imidazole rings is 1. The quantitative estimate of drug-likeness (QED) is 0.120. The molecule has 21 nitrogen and oxygen atoms in total. The molecule has 2 aromatic rings. The van der Waals surface area contributed by atoms with Crippen LogP contribution in [0.15, 0.2) is 12.7 Å². The second-order valence-electron chi connectivity index (χ2n) is 6.54. The standard InChI is InChI=1S/C10H16N5O13P3.C2H5NO2.Mn/c11-8-5-9(13-2-12-8)15(3-14-5)10-7(17)6(16)4(26-10)1-25-30(21,22)28-31(23,24)27-29(18,19)20;1-2(4)5-3;/h2-4,6-7,10,16-17H,1H2,(H,21,22)(H,23,24)(H2,11,12,13)(H2,18,19,20);3H2,1H3;/p-4/t4-,6-,7-,10-;;/m1../s1. The van der Waals surface area contributed by atoms with Gasteiger partial charge in [-0.05, 0) is 0 Å². The average Bonchev–Trinajstić information content (AvgIpc) is 3.27. The summed E-state index contributed by atoms with van der Waals surface area (Å²) >= 11 is 0. The molecule has 211 valence electrons. The minimum absolute atomic E-state index is 0. The van der Waals surface area contributed by atoms with Crippen molar-refractivity contribution in [3.8, 4) is 0 Å². The Morgan fingerprint density at radius 1 is 1.11 bits per heavy atom. The monoisotopic (exact) mass is 633 g/mol. The van der Waals surface area contributed by atoms with Crippen molar-refractivity contribution in [3.63, 3.8) is 0 Å². The van der Waals surface area contributed by atoms with Gasteiger partial charge in [-0.15, -0.1) is 0 Å². The van der Waals surface area contributed by atoms with E-state index < -0.39 is 60.6 Å². The van der Waals surface area contributed by atoms with E-state index in [1.165, 1.54) is 11.5 Å². The molecule has 1 fully saturated rings. The number of aromatic nitrogens is 4. The molecule has 2 unspecified atom stereocenters. The Labute approximate surface area is 216 Å². The molecule has 0 aromatic carbocycles. The van der Waals surface area contributed by atoms with Crippen LogP contribution in [-0.4, -0.2) is 60.6 Å². The molecule has 1 radical (unpaired) electrons. The number of phosphoric acid groups is 3. The molecule has 1 aliphatic heterocycles. The molecule has 0 aliphatic carbocycles. The van der Waals surface area contributed by atoms with Gasteiger partial charge in [0.05, 0.1) is 20.8 Å². The van der Waals surface area contributed by atoms with E-state index in [9.17, 15) is 48.3 Å². The number of carbonyl (C=O) groups excluding carboxylic acids is 1. The van der Waals surface area contributed by atoms with Gasteiger partial charge in [-0.25, -0.2) is 19.3 Å². The number of nitrogen functional groups attached to an aromatic ring is 1. The fourth-order valence-corrected chi connectivity index (χ4v) is 5.47. The Morgan fingerprint density at radius 3 is 2.24 bits per heavy atom. The molecule has 6 N–H and O–H groups in total. The number of phosphoric ester groups is 1. The van der Waals surface area contributed by atoms with Crippen LogP contribution in [-0.2, 0) is 58.3 Å². The van der Waals surface area contributed by atoms with Crippen molar-refractivity contribution in [2.45, 2.75) is 31.5 Å². The van der Waals surface area contributed by atoms with Crippen LogP contribution in [0.1, 0.15) is 13.2 Å². The Bertz CT molecular complexity index is 1230. The van der Waals surface area contributed by atoms with Crippen molar-refractivity contribution in [1.29, 1.82) is 0 Å². The van der Waals surface area contributed by atoms with Gasteiger partial charge in [0, 0.05) is 24.0 Å². The van der Waals surface area contributed by atoms with Gasteiger partial charge in [-0.1, -0.05) is 0 Å². The van der Waals surface area contributed by atoms with Crippen LogP contribution in [0.4, 0.5) is 5.82 Å². The predicted molar refractivity (Wildman–Crippen MR) is 103 cm³/mol. The van der Waals surface area contributed by atoms with Crippen LogP contribution in [0.5, 0.6) is 0 Å². The molecule has 0 spiro atoms. The van der Waals surface area contributed by atoms with E-state index in [1.807, 2.05) is 0 Å². The van der Waals surface area contributed by atoms with E-state index >= 15 is 0 Å². The molecule has 2 aromatic heterocycles. The molecule has 3 rings (SSSR count). The summed E-state index contributed by atoms with van der Waals surface area (Å²) in [5.74, 6) is 3.87. The van der Waals surface area contributed by atoms with Gasteiger partial charge >= 0.3 is 5.97 Å². The molecular formula is C12H17MnN6O15P3-4. The van der Waals surface area contributed by atoms with E-state index in [0.717, 1.165) is 12.7 Å². The Morgan fingerprint density at radius 2 is 1.70 bits per heavy atom. The predicted octanol–water partition coefficient (Wildman–Crippen LogP) is -4.74. The van der Waals surface area contributed by atoms with E-state index in [-0.39, 0.29) is 34.1 Å². The number of aliphatic hydroxyl groups excluding tert-OH is 2. The van der Waals surface area contributed by atoms with Gasteiger partial charge in [0.1, 0.15) is 30.2 Å². The molecule has 25 heteroatoms. The maximum atomic E-state index is 11.6. The van der Waals surface area contributed by atoms with E-state index in [4.69, 9.17) is 10.5 Å². The molecule has 1 aliphatic rings. The summed E-state index contributed by atoms with van der Waals surface area (Å²) in [5, 5.41) is 20.3. The summed E-state index contributed by atoms with van der Waals surface area (Å²) in [6.45, 7) is 0.158. The molecular weight excluding hydrogens is 616 g/mol. The molecule has 0 bridgehead atoms. The molecule has 37 heavy (non-hydrogen) atoms. The molecule has 0 amide bonds. The van der Waals surface area contributed by atoms with Crippen LogP contribution in [0, 0.1) is 0 Å². The number of nitrogens with two attached hydrogens (primary N) is 2. The Balaban J connectivity index is 0.00000104. The fourth-order valence-electron chi connectivity index (χ4n) is 2.60. The SMILES string of the molecule is CC(=O)ON.Nc1ncnc2c1ncn2[C@@H]1O[C@H](COP(=O)([O-])OP(=O)([O-])OP(=O)([O-])[O-])[C@@H](O)[C@H]1O.[Mn]. The van der Waals surface area contributed by atoms with Gasteiger partial charge in [0.2, 0.25) is 0 Å². The molecule has 3 heterocycles. The fraction of sp³-hybridized carbons (Fsp3) is 0.500. The van der Waals surface area contributed by atoms with Crippen molar-refractivity contribution in [2.75, 3.05) is 12.3 Å². The topological polar surface area (TPSA) is 343 Å². The second-order valence-corrected chi connectivity index (χ2v) is 10.8. The summed E-state index contributed by atoms with van der Waals surface area (Å²) in [7, 11) is -18.1. The minimum atomic E-state index is -6.14. The average molecular weight is 633 g/mol. The van der Waals surface area contributed by atoms with Crippen molar-refractivity contribution >= 4 is 46.4 Å². The third-order valence-corrected chi connectivity index (χ3v) is 7.63. The third-order valence-electron chi connectivity index (χ3n) is 3.96. The summed E-state index contributed by atoms with van der Waals surface area (Å²) in [6.07, 6.45) is -3.99. The molecule has 1 saturated heterocycles. The zero-order valence-electron chi connectivity index (χ0n) is 18.0. The van der Waals surface area contributed by atoms with E-state index in [0.29, 0.717) is 0 Å². The summed E-state index contributed by atoms with van der Waals surface area (Å²) in [5.41, 5.74) is 5.92. The zero-order chi connectivity index (χ0) is 27.5. The van der Waals surface area contributed by atoms with Gasteiger partial charge in [0.15, 0.2) is 17.7 Å². The van der Waals surface area contributed by atoms with Gasteiger partial charge in [-0.2, -0.15) is 5.90 Å². The van der Waals surface area contributed by atoms with Gasteiger partial charge in [-0.3, -0.25) is 22.8 Å². The number of anilines is 1. The number of carbonyl (C=O) groups is 1. The molecule has 6 atom stereocenters. The van der Waals surface area contributed by atoms with Crippen molar-refractivity contribution in [2.24, 2.45) is 5.90 Å². The Kier molecular flexibility index (Phi) is 11.9. The Hall–Kier alpha value is -1.41. The zero-order valence-corrected chi connectivity index (χ0v) is 21.9. The first kappa shape index (κ1) is 33.6. The number of ether oxygens (including phenoxy) is 1. The number of hydrogen-bond donors (Lipinski definition) is 4. The normalized spacial score (nSPS) is 24.8. The van der Waals surface area contributed by atoms with Gasteiger partial charge < -0.3 is 54.2 Å². The minimum Gasteiger partial charge on any atom is -0.790 e. The van der Waals surface area contributed by atoms with E-state index in [1.54, 1.807) is 0 Å². The second kappa shape index (κ2) is 13.1. The van der Waals surface area contributed by atoms with Crippen molar-refractivity contribution < 1.29 is 88.1 Å². The molecule has 0 saturated carbocycles. The maximum Gasteiger partial charge on any atom is 0.321 e. The van der Waals surface area contributed by atoms with Crippen LogP contribution in [0.3, 0.4) is 0 Å². The number of nitrogens with zero attached hydrogens (tertiary/aromatic N) is 4. The summed E-state index contributed by atoms with van der Waals surface area (Å²) < 4.78 is 50.2. The number of aliphatic hydroxyl groups is 2. The van der Waals surface area contributed by atoms with Crippen molar-refractivity contribution in [3.05, 3.63) is 12.7 Å². The van der Waals surface area contributed by atoms with Crippen LogP contribution in [0.25, 0.3) is 11.2 Å². The van der Waals surface area contributed by atoms with Crippen LogP contribution >= 0.6 is 23.5 Å². The van der Waals surface area contributed by atoms with Gasteiger partial charge in [0.25, 0.3) is 15.6 Å². The van der Waals surface area contributed by atoms with Crippen LogP contribution in [0.2, 0.25) is 0 Å². The number of hydrogen-bond acceptors (Lipinski definition) is 20. The summed E-state index contributed by atoms with van der Waals surface area (Å²) in [6, 6.07) is 0. The van der Waals surface area contributed by atoms with Crippen molar-refractivity contribution in [1.82, 2.24) is 19.5 Å². The first-order chi connectivity index (χ1) is 16.5. The van der Waals surface area contributed by atoms with E-state index in [2.05, 4.69) is 38.8 Å².